The summed E-state index contributed by atoms with van der Waals surface area (Å²) < 4.78 is 1.65. The predicted molar refractivity (Wildman–Crippen MR) is 102 cm³/mol. The lowest BCUT2D eigenvalue weighted by Crippen LogP contribution is -2.21. The molecule has 3 nitrogen and oxygen atoms in total. The van der Waals surface area contributed by atoms with Crippen molar-refractivity contribution in [1.82, 2.24) is 9.55 Å². The van der Waals surface area contributed by atoms with Crippen LogP contribution in [0, 0.1) is 0 Å². The maximum Gasteiger partial charge on any atom is 0.262 e. The van der Waals surface area contributed by atoms with E-state index in [1.165, 1.54) is 23.3 Å². The second kappa shape index (κ2) is 6.19. The fourth-order valence-electron chi connectivity index (χ4n) is 3.20. The van der Waals surface area contributed by atoms with Gasteiger partial charge in [0, 0.05) is 16.9 Å². The molecule has 0 N–H and O–H groups in total. The van der Waals surface area contributed by atoms with E-state index < -0.39 is 0 Å². The molecule has 0 atom stereocenters. The monoisotopic (exact) mass is 356 g/mol. The summed E-state index contributed by atoms with van der Waals surface area (Å²) in [6.45, 7) is 0. The van der Waals surface area contributed by atoms with Gasteiger partial charge in [0.1, 0.15) is 10.7 Å². The topological polar surface area (TPSA) is 34.9 Å². The molecule has 24 heavy (non-hydrogen) atoms. The predicted octanol–water partition coefficient (Wildman–Crippen LogP) is 4.70. The zero-order chi connectivity index (χ0) is 16.7. The van der Waals surface area contributed by atoms with E-state index >= 15 is 0 Å². The molecule has 1 aromatic carbocycles. The quantitative estimate of drug-likeness (QED) is 0.667. The SMILES string of the molecule is Cn1c(C=Cc2ccc(Cl)cc2)nc2sc3c(c2c1=O)CCCC3. The van der Waals surface area contributed by atoms with Crippen molar-refractivity contribution in [2.75, 3.05) is 0 Å². The number of rotatable bonds is 2. The summed E-state index contributed by atoms with van der Waals surface area (Å²) in [5.41, 5.74) is 2.33. The van der Waals surface area contributed by atoms with Crippen LogP contribution in [0.5, 0.6) is 0 Å². The van der Waals surface area contributed by atoms with Gasteiger partial charge in [0.2, 0.25) is 0 Å². The highest BCUT2D eigenvalue weighted by molar-refractivity contribution is 7.18. The zero-order valence-electron chi connectivity index (χ0n) is 13.4. The third kappa shape index (κ3) is 2.70. The summed E-state index contributed by atoms with van der Waals surface area (Å²) in [7, 11) is 1.79. The molecule has 5 heteroatoms. The maximum atomic E-state index is 12.8. The second-order valence-corrected chi connectivity index (χ2v) is 7.63. The highest BCUT2D eigenvalue weighted by atomic mass is 35.5. The maximum absolute atomic E-state index is 12.8. The molecule has 0 radical (unpaired) electrons. The summed E-state index contributed by atoms with van der Waals surface area (Å²) >= 11 is 7.59. The molecule has 122 valence electrons. The Hall–Kier alpha value is -1.91. The minimum atomic E-state index is 0.0650. The van der Waals surface area contributed by atoms with Crippen LogP contribution in [0.2, 0.25) is 5.02 Å². The highest BCUT2D eigenvalue weighted by Crippen LogP contribution is 2.33. The van der Waals surface area contributed by atoms with Crippen molar-refractivity contribution in [2.45, 2.75) is 25.7 Å². The van der Waals surface area contributed by atoms with Crippen LogP contribution in [-0.2, 0) is 19.9 Å². The van der Waals surface area contributed by atoms with Crippen molar-refractivity contribution in [3.8, 4) is 0 Å². The molecule has 2 aromatic heterocycles. The van der Waals surface area contributed by atoms with Crippen LogP contribution in [0.1, 0.15) is 34.7 Å². The van der Waals surface area contributed by atoms with Gasteiger partial charge in [-0.3, -0.25) is 9.36 Å². The molecule has 0 saturated carbocycles. The Balaban J connectivity index is 1.80. The zero-order valence-corrected chi connectivity index (χ0v) is 15.0. The first-order valence-electron chi connectivity index (χ1n) is 8.08. The van der Waals surface area contributed by atoms with Crippen LogP contribution in [0.4, 0.5) is 0 Å². The van der Waals surface area contributed by atoms with E-state index in [0.29, 0.717) is 10.8 Å². The van der Waals surface area contributed by atoms with E-state index in [9.17, 15) is 4.79 Å². The molecular formula is C19H17ClN2OS. The van der Waals surface area contributed by atoms with Crippen molar-refractivity contribution in [1.29, 1.82) is 0 Å². The van der Waals surface area contributed by atoms with Gasteiger partial charge < -0.3 is 0 Å². The first-order valence-corrected chi connectivity index (χ1v) is 9.28. The Kier molecular flexibility index (Phi) is 4.02. The molecular weight excluding hydrogens is 340 g/mol. The summed E-state index contributed by atoms with van der Waals surface area (Å²) in [4.78, 5) is 19.8. The van der Waals surface area contributed by atoms with Crippen LogP contribution in [-0.4, -0.2) is 9.55 Å². The van der Waals surface area contributed by atoms with E-state index in [0.717, 1.165) is 28.6 Å². The lowest BCUT2D eigenvalue weighted by atomic mass is 9.97. The summed E-state index contributed by atoms with van der Waals surface area (Å²) in [6.07, 6.45) is 8.31. The highest BCUT2D eigenvalue weighted by Gasteiger charge is 2.20. The third-order valence-electron chi connectivity index (χ3n) is 4.53. The first-order chi connectivity index (χ1) is 11.6. The Morgan fingerprint density at radius 1 is 1.17 bits per heavy atom. The van der Waals surface area contributed by atoms with Crippen LogP contribution in [0.25, 0.3) is 22.4 Å². The molecule has 0 fully saturated rings. The number of aryl methyl sites for hydroxylation is 2. The van der Waals surface area contributed by atoms with Gasteiger partial charge in [0.15, 0.2) is 0 Å². The van der Waals surface area contributed by atoms with Gasteiger partial charge in [-0.1, -0.05) is 29.8 Å². The van der Waals surface area contributed by atoms with Crippen molar-refractivity contribution in [3.63, 3.8) is 0 Å². The number of thiophene rings is 1. The first kappa shape index (κ1) is 15.6. The molecule has 1 aliphatic rings. The molecule has 0 unspecified atom stereocenters. The Labute approximate surface area is 149 Å². The Bertz CT molecular complexity index is 999. The number of halogens is 1. The van der Waals surface area contributed by atoms with E-state index in [1.54, 1.807) is 23.0 Å². The molecule has 0 spiro atoms. The van der Waals surface area contributed by atoms with Crippen molar-refractivity contribution in [2.24, 2.45) is 7.05 Å². The fourth-order valence-corrected chi connectivity index (χ4v) is 4.58. The average molecular weight is 357 g/mol. The summed E-state index contributed by atoms with van der Waals surface area (Å²) in [5, 5.41) is 1.55. The molecule has 0 bridgehead atoms. The van der Waals surface area contributed by atoms with E-state index in [4.69, 9.17) is 16.6 Å². The van der Waals surface area contributed by atoms with Gasteiger partial charge in [0.05, 0.1) is 5.39 Å². The van der Waals surface area contributed by atoms with Gasteiger partial charge in [0.25, 0.3) is 5.56 Å². The number of aromatic nitrogens is 2. The van der Waals surface area contributed by atoms with Crippen LogP contribution >= 0.6 is 22.9 Å². The number of fused-ring (bicyclic) bond motifs is 3. The summed E-state index contributed by atoms with van der Waals surface area (Å²) in [6, 6.07) is 7.59. The lowest BCUT2D eigenvalue weighted by molar-refractivity contribution is 0.699. The summed E-state index contributed by atoms with van der Waals surface area (Å²) in [5.74, 6) is 0.682. The number of benzene rings is 1. The molecule has 4 rings (SSSR count). The van der Waals surface area contributed by atoms with Gasteiger partial charge in [-0.15, -0.1) is 11.3 Å². The number of nitrogens with zero attached hydrogens (tertiary/aromatic N) is 2. The largest absolute Gasteiger partial charge is 0.296 e. The normalized spacial score (nSPS) is 14.4. The van der Waals surface area contributed by atoms with Crippen molar-refractivity contribution in [3.05, 3.63) is 61.5 Å². The van der Waals surface area contributed by atoms with E-state index in [2.05, 4.69) is 0 Å². The minimum absolute atomic E-state index is 0.0650. The number of hydrogen-bond donors (Lipinski definition) is 0. The van der Waals surface area contributed by atoms with Crippen molar-refractivity contribution >= 4 is 45.3 Å². The molecule has 1 aliphatic carbocycles. The molecule has 0 saturated heterocycles. The van der Waals surface area contributed by atoms with Crippen molar-refractivity contribution < 1.29 is 0 Å². The standard InChI is InChI=1S/C19H17ClN2OS/c1-22-16(11-8-12-6-9-13(20)10-7-12)21-18-17(19(22)23)14-4-2-3-5-15(14)24-18/h6-11H,2-5H2,1H3. The lowest BCUT2D eigenvalue weighted by Gasteiger charge is -2.10. The van der Waals surface area contributed by atoms with Gasteiger partial charge in [-0.2, -0.15) is 0 Å². The minimum Gasteiger partial charge on any atom is -0.296 e. The fraction of sp³-hybridized carbons (Fsp3) is 0.263. The van der Waals surface area contributed by atoms with Gasteiger partial charge in [-0.25, -0.2) is 4.98 Å². The average Bonchev–Trinajstić information content (AvgIpc) is 2.96. The third-order valence-corrected chi connectivity index (χ3v) is 5.96. The van der Waals surface area contributed by atoms with Crippen LogP contribution in [0.3, 0.4) is 0 Å². The smallest absolute Gasteiger partial charge is 0.262 e. The molecule has 0 amide bonds. The van der Waals surface area contributed by atoms with E-state index in [1.807, 2.05) is 36.4 Å². The Morgan fingerprint density at radius 3 is 2.71 bits per heavy atom. The van der Waals surface area contributed by atoms with Gasteiger partial charge in [-0.05, 0) is 55.0 Å². The molecule has 2 heterocycles. The van der Waals surface area contributed by atoms with E-state index in [-0.39, 0.29) is 5.56 Å². The van der Waals surface area contributed by atoms with Crippen LogP contribution < -0.4 is 5.56 Å². The molecule has 3 aromatic rings. The van der Waals surface area contributed by atoms with Crippen LogP contribution in [0.15, 0.2) is 29.1 Å². The Morgan fingerprint density at radius 2 is 1.92 bits per heavy atom. The molecule has 0 aliphatic heterocycles. The second-order valence-electron chi connectivity index (χ2n) is 6.11. The number of hydrogen-bond acceptors (Lipinski definition) is 3. The van der Waals surface area contributed by atoms with Gasteiger partial charge >= 0.3 is 0 Å².